The van der Waals surface area contributed by atoms with E-state index in [1.54, 1.807) is 4.72 Å². The Morgan fingerprint density at radius 2 is 1.83 bits per heavy atom. The summed E-state index contributed by atoms with van der Waals surface area (Å²) in [6.45, 7) is 0. The van der Waals surface area contributed by atoms with Crippen LogP contribution in [0.1, 0.15) is 5.56 Å². The van der Waals surface area contributed by atoms with Gasteiger partial charge in [0, 0.05) is 26.2 Å². The highest BCUT2D eigenvalue weighted by Crippen LogP contribution is 2.37. The van der Waals surface area contributed by atoms with E-state index in [1.165, 1.54) is 14.1 Å². The van der Waals surface area contributed by atoms with E-state index in [0.717, 1.165) is 29.2 Å². The van der Waals surface area contributed by atoms with Crippen LogP contribution in [0.3, 0.4) is 0 Å². The van der Waals surface area contributed by atoms with E-state index in [1.807, 2.05) is 0 Å². The molecule has 2 aromatic rings. The second-order valence-electron chi connectivity index (χ2n) is 5.94. The average Bonchev–Trinajstić information content (AvgIpc) is 2.61. The Hall–Kier alpha value is -3.06. The zero-order valence-electron chi connectivity index (χ0n) is 15.2. The van der Waals surface area contributed by atoms with Crippen molar-refractivity contribution in [3.05, 3.63) is 57.1 Å². The van der Waals surface area contributed by atoms with E-state index in [0.29, 0.717) is 12.1 Å². The molecule has 0 radical (unpaired) electrons. The van der Waals surface area contributed by atoms with Gasteiger partial charge in [-0.15, -0.1) is 0 Å². The zero-order valence-corrected chi connectivity index (χ0v) is 16.8. The van der Waals surface area contributed by atoms with Crippen LogP contribution in [-0.2, 0) is 16.2 Å². The number of urea groups is 1. The molecule has 0 aromatic heterocycles. The Kier molecular flexibility index (Phi) is 6.47. The number of nitrogens with one attached hydrogen (secondary N) is 1. The highest BCUT2D eigenvalue weighted by Gasteiger charge is 2.32. The first-order valence-corrected chi connectivity index (χ1v) is 9.65. The Labute approximate surface area is 173 Å². The standard InChI is InChI=1S/C16H13ClF3N3O6S/c1-22(2)15(24)21-30(27,28)14-8-10(4-5-12(14)23(25)26)29-13-6-3-9(7-11(13)17)16(18,19)20/h3-8H,1-2H3,(H,21,24). The summed E-state index contributed by atoms with van der Waals surface area (Å²) in [7, 11) is -2.17. The van der Waals surface area contributed by atoms with Crippen LogP contribution in [0.15, 0.2) is 41.3 Å². The maximum Gasteiger partial charge on any atom is 0.416 e. The van der Waals surface area contributed by atoms with Crippen LogP contribution in [0, 0.1) is 10.1 Å². The highest BCUT2D eigenvalue weighted by molar-refractivity contribution is 7.90. The Bertz CT molecular complexity index is 1110. The maximum atomic E-state index is 12.7. The van der Waals surface area contributed by atoms with Crippen LogP contribution >= 0.6 is 11.6 Å². The number of carbonyl (C=O) groups is 1. The molecule has 14 heteroatoms. The number of alkyl halides is 3. The third kappa shape index (κ3) is 5.30. The number of halogens is 4. The summed E-state index contributed by atoms with van der Waals surface area (Å²) in [4.78, 5) is 21.9. The van der Waals surface area contributed by atoms with Crippen LogP contribution in [0.4, 0.5) is 23.7 Å². The molecule has 0 aliphatic carbocycles. The minimum absolute atomic E-state index is 0.251. The third-order valence-corrected chi connectivity index (χ3v) is 5.18. The molecule has 0 saturated heterocycles. The number of hydrogen-bond donors (Lipinski definition) is 1. The van der Waals surface area contributed by atoms with Gasteiger partial charge >= 0.3 is 12.2 Å². The summed E-state index contributed by atoms with van der Waals surface area (Å²) in [5.41, 5.74) is -1.88. The van der Waals surface area contributed by atoms with Crippen molar-refractivity contribution in [2.75, 3.05) is 14.1 Å². The van der Waals surface area contributed by atoms with Gasteiger partial charge < -0.3 is 9.64 Å². The lowest BCUT2D eigenvalue weighted by Gasteiger charge is -2.14. The van der Waals surface area contributed by atoms with E-state index in [9.17, 15) is 36.5 Å². The third-order valence-electron chi connectivity index (χ3n) is 3.53. The van der Waals surface area contributed by atoms with Crippen LogP contribution in [0.2, 0.25) is 5.02 Å². The fourth-order valence-corrected chi connectivity index (χ4v) is 3.50. The van der Waals surface area contributed by atoms with Gasteiger partial charge in [0.2, 0.25) is 0 Å². The van der Waals surface area contributed by atoms with E-state index in [2.05, 4.69) is 0 Å². The lowest BCUT2D eigenvalue weighted by Crippen LogP contribution is -2.38. The van der Waals surface area contributed by atoms with Gasteiger partial charge in [-0.05, 0) is 24.3 Å². The molecular formula is C16H13ClF3N3O6S. The largest absolute Gasteiger partial charge is 0.456 e. The second-order valence-corrected chi connectivity index (χ2v) is 7.99. The molecule has 162 valence electrons. The van der Waals surface area contributed by atoms with Crippen LogP contribution in [-0.4, -0.2) is 38.4 Å². The van der Waals surface area contributed by atoms with Gasteiger partial charge in [0.05, 0.1) is 15.5 Å². The van der Waals surface area contributed by atoms with E-state index >= 15 is 0 Å². The zero-order chi connectivity index (χ0) is 22.9. The molecule has 0 saturated carbocycles. The lowest BCUT2D eigenvalue weighted by molar-refractivity contribution is -0.387. The molecule has 2 amide bonds. The Balaban J connectivity index is 2.46. The summed E-state index contributed by atoms with van der Waals surface area (Å²) < 4.78 is 70.0. The minimum atomic E-state index is -4.68. The van der Waals surface area contributed by atoms with Crippen molar-refractivity contribution in [2.45, 2.75) is 11.1 Å². The van der Waals surface area contributed by atoms with Crippen LogP contribution < -0.4 is 9.46 Å². The summed E-state index contributed by atoms with van der Waals surface area (Å²) in [5.74, 6) is -0.529. The van der Waals surface area contributed by atoms with Crippen molar-refractivity contribution in [3.63, 3.8) is 0 Å². The number of hydrogen-bond acceptors (Lipinski definition) is 6. The first-order chi connectivity index (χ1) is 13.7. The average molecular weight is 468 g/mol. The Morgan fingerprint density at radius 1 is 1.20 bits per heavy atom. The predicted molar refractivity (Wildman–Crippen MR) is 99.0 cm³/mol. The van der Waals surface area contributed by atoms with Gasteiger partial charge in [-0.3, -0.25) is 10.1 Å². The van der Waals surface area contributed by atoms with Crippen LogP contribution in [0.5, 0.6) is 11.5 Å². The highest BCUT2D eigenvalue weighted by atomic mass is 35.5. The minimum Gasteiger partial charge on any atom is -0.456 e. The summed E-state index contributed by atoms with van der Waals surface area (Å²) >= 11 is 5.79. The molecule has 2 aromatic carbocycles. The molecule has 0 fully saturated rings. The molecule has 0 aliphatic rings. The quantitative estimate of drug-likeness (QED) is 0.524. The van der Waals surface area contributed by atoms with Gasteiger partial charge in [0.25, 0.3) is 15.7 Å². The SMILES string of the molecule is CN(C)C(=O)NS(=O)(=O)c1cc(Oc2ccc(C(F)(F)F)cc2Cl)ccc1[N+](=O)[O-]. The molecule has 0 bridgehead atoms. The first kappa shape index (κ1) is 23.2. The van der Waals surface area contributed by atoms with Crippen molar-refractivity contribution >= 4 is 33.3 Å². The van der Waals surface area contributed by atoms with Gasteiger partial charge in [0.15, 0.2) is 4.90 Å². The van der Waals surface area contributed by atoms with Crippen molar-refractivity contribution in [3.8, 4) is 11.5 Å². The molecule has 0 spiro atoms. The monoisotopic (exact) mass is 467 g/mol. The number of rotatable bonds is 5. The number of nitrogens with zero attached hydrogens (tertiary/aromatic N) is 2. The number of nitro groups is 1. The summed E-state index contributed by atoms with van der Waals surface area (Å²) in [6.07, 6.45) is -4.64. The molecule has 0 unspecified atom stereocenters. The van der Waals surface area contributed by atoms with E-state index in [4.69, 9.17) is 16.3 Å². The van der Waals surface area contributed by atoms with Crippen LogP contribution in [0.25, 0.3) is 0 Å². The van der Waals surface area contributed by atoms with Gasteiger partial charge in [-0.25, -0.2) is 17.9 Å². The number of carbonyl (C=O) groups excluding carboxylic acids is 1. The fraction of sp³-hybridized carbons (Fsp3) is 0.188. The maximum absolute atomic E-state index is 12.7. The molecular weight excluding hydrogens is 455 g/mol. The number of ether oxygens (including phenoxy) is 1. The molecule has 9 nitrogen and oxygen atoms in total. The molecule has 2 rings (SSSR count). The number of benzene rings is 2. The van der Waals surface area contributed by atoms with E-state index < -0.39 is 48.3 Å². The molecule has 30 heavy (non-hydrogen) atoms. The van der Waals surface area contributed by atoms with Gasteiger partial charge in [-0.2, -0.15) is 13.2 Å². The second kappa shape index (κ2) is 8.36. The van der Waals surface area contributed by atoms with Crippen molar-refractivity contribution < 1.29 is 36.0 Å². The molecule has 0 atom stereocenters. The van der Waals surface area contributed by atoms with Crippen molar-refractivity contribution in [1.82, 2.24) is 9.62 Å². The molecule has 1 N–H and O–H groups in total. The smallest absolute Gasteiger partial charge is 0.416 e. The van der Waals surface area contributed by atoms with E-state index in [-0.39, 0.29) is 11.5 Å². The summed E-state index contributed by atoms with van der Waals surface area (Å²) in [5, 5.41) is 10.8. The topological polar surface area (TPSA) is 119 Å². The number of sulfonamides is 1. The Morgan fingerprint density at radius 3 is 2.33 bits per heavy atom. The number of nitro benzene ring substituents is 1. The first-order valence-electron chi connectivity index (χ1n) is 7.79. The van der Waals surface area contributed by atoms with Gasteiger partial charge in [-0.1, -0.05) is 11.6 Å². The molecule has 0 aliphatic heterocycles. The predicted octanol–water partition coefficient (Wildman–Crippen LogP) is 4.02. The normalized spacial score (nSPS) is 11.7. The molecule has 0 heterocycles. The summed E-state index contributed by atoms with van der Waals surface area (Å²) in [6, 6.07) is 3.74. The fourth-order valence-electron chi connectivity index (χ4n) is 2.07. The van der Waals surface area contributed by atoms with Crippen molar-refractivity contribution in [1.29, 1.82) is 0 Å². The number of amides is 2. The van der Waals surface area contributed by atoms with Gasteiger partial charge in [0.1, 0.15) is 11.5 Å². The lowest BCUT2D eigenvalue weighted by atomic mass is 10.2. The van der Waals surface area contributed by atoms with Crippen molar-refractivity contribution in [2.24, 2.45) is 0 Å².